The highest BCUT2D eigenvalue weighted by Crippen LogP contribution is 2.11. The Hall–Kier alpha value is -1.68. The molecule has 2 N–H and O–H groups in total. The fourth-order valence-electron chi connectivity index (χ4n) is 2.41. The number of hydrogen-bond donors (Lipinski definition) is 1. The number of nitrogens with zero attached hydrogens (tertiary/aromatic N) is 3. The van der Waals surface area contributed by atoms with E-state index < -0.39 is 0 Å². The highest BCUT2D eigenvalue weighted by atomic mass is 15.3. The summed E-state index contributed by atoms with van der Waals surface area (Å²) in [4.78, 5) is 4.32. The van der Waals surface area contributed by atoms with Crippen LogP contribution in [0.5, 0.6) is 0 Å². The van der Waals surface area contributed by atoms with E-state index in [0.29, 0.717) is 6.04 Å². The third-order valence-corrected chi connectivity index (χ3v) is 3.47. The highest BCUT2D eigenvalue weighted by molar-refractivity contribution is 5.22. The predicted octanol–water partition coefficient (Wildman–Crippen LogP) is 2.67. The van der Waals surface area contributed by atoms with Gasteiger partial charge in [-0.3, -0.25) is 0 Å². The van der Waals surface area contributed by atoms with Crippen molar-refractivity contribution in [3.05, 3.63) is 47.5 Å². The Bertz CT molecular complexity index is 545. The smallest absolute Gasteiger partial charge is 0.138 e. The zero-order valence-corrected chi connectivity index (χ0v) is 12.6. The van der Waals surface area contributed by atoms with E-state index in [2.05, 4.69) is 55.1 Å². The Labute approximate surface area is 121 Å². The molecule has 1 atom stereocenters. The summed E-state index contributed by atoms with van der Waals surface area (Å²) in [6.45, 7) is 6.33. The van der Waals surface area contributed by atoms with Crippen LogP contribution in [0.2, 0.25) is 0 Å². The van der Waals surface area contributed by atoms with E-state index in [-0.39, 0.29) is 6.04 Å². The van der Waals surface area contributed by atoms with Crippen LogP contribution in [0.15, 0.2) is 30.6 Å². The minimum atomic E-state index is 0.122. The quantitative estimate of drug-likeness (QED) is 0.879. The molecule has 0 radical (unpaired) electrons. The van der Waals surface area contributed by atoms with Gasteiger partial charge < -0.3 is 5.73 Å². The Morgan fingerprint density at radius 2 is 2.10 bits per heavy atom. The highest BCUT2D eigenvalue weighted by Gasteiger charge is 2.12. The summed E-state index contributed by atoms with van der Waals surface area (Å²) in [5.41, 5.74) is 8.89. The van der Waals surface area contributed by atoms with Crippen molar-refractivity contribution in [1.29, 1.82) is 0 Å². The summed E-state index contributed by atoms with van der Waals surface area (Å²) in [6.07, 6.45) is 4.37. The molecule has 0 bridgehead atoms. The molecule has 0 aliphatic heterocycles. The van der Waals surface area contributed by atoms with Gasteiger partial charge in [0.25, 0.3) is 0 Å². The number of hydrogen-bond acceptors (Lipinski definition) is 3. The first-order valence-electron chi connectivity index (χ1n) is 7.25. The molecule has 0 amide bonds. The molecule has 4 heteroatoms. The van der Waals surface area contributed by atoms with Crippen molar-refractivity contribution in [2.45, 2.75) is 52.1 Å². The molecule has 0 spiro atoms. The monoisotopic (exact) mass is 272 g/mol. The van der Waals surface area contributed by atoms with Crippen molar-refractivity contribution in [3.63, 3.8) is 0 Å². The third kappa shape index (κ3) is 3.90. The molecule has 0 fully saturated rings. The summed E-state index contributed by atoms with van der Waals surface area (Å²) in [6, 6.07) is 9.06. The minimum absolute atomic E-state index is 0.122. The number of nitrogens with two attached hydrogens (primary N) is 1. The normalized spacial score (nSPS) is 12.8. The van der Waals surface area contributed by atoms with Crippen molar-refractivity contribution >= 4 is 0 Å². The van der Waals surface area contributed by atoms with Gasteiger partial charge in [0.15, 0.2) is 0 Å². The van der Waals surface area contributed by atoms with Gasteiger partial charge in [-0.05, 0) is 39.2 Å². The SMILES string of the molecule is Cc1cccc(CCC(N)Cc2ncnn2C(C)C)c1. The van der Waals surface area contributed by atoms with Crippen LogP contribution in [0, 0.1) is 6.92 Å². The second-order valence-corrected chi connectivity index (χ2v) is 5.71. The molecule has 108 valence electrons. The molecular weight excluding hydrogens is 248 g/mol. The Morgan fingerprint density at radius 3 is 2.80 bits per heavy atom. The molecule has 2 rings (SSSR count). The molecule has 0 saturated carbocycles. The van der Waals surface area contributed by atoms with E-state index in [1.807, 2.05) is 4.68 Å². The van der Waals surface area contributed by atoms with Gasteiger partial charge >= 0.3 is 0 Å². The van der Waals surface area contributed by atoms with E-state index in [0.717, 1.165) is 25.1 Å². The molecule has 1 aromatic heterocycles. The lowest BCUT2D eigenvalue weighted by molar-refractivity contribution is 0.484. The first-order valence-corrected chi connectivity index (χ1v) is 7.25. The summed E-state index contributed by atoms with van der Waals surface area (Å²) < 4.78 is 1.95. The largest absolute Gasteiger partial charge is 0.327 e. The van der Waals surface area contributed by atoms with E-state index >= 15 is 0 Å². The zero-order chi connectivity index (χ0) is 14.5. The summed E-state index contributed by atoms with van der Waals surface area (Å²) in [7, 11) is 0. The molecule has 1 aromatic carbocycles. The number of benzene rings is 1. The van der Waals surface area contributed by atoms with Crippen molar-refractivity contribution < 1.29 is 0 Å². The van der Waals surface area contributed by atoms with Gasteiger partial charge in [0.2, 0.25) is 0 Å². The van der Waals surface area contributed by atoms with Crippen molar-refractivity contribution in [2.75, 3.05) is 0 Å². The van der Waals surface area contributed by atoms with Gasteiger partial charge in [-0.25, -0.2) is 9.67 Å². The standard InChI is InChI=1S/C16H24N4/c1-12(2)20-16(18-11-19-20)10-15(17)8-7-14-6-4-5-13(3)9-14/h4-6,9,11-12,15H,7-8,10,17H2,1-3H3. The molecule has 0 saturated heterocycles. The first kappa shape index (κ1) is 14.7. The third-order valence-electron chi connectivity index (χ3n) is 3.47. The van der Waals surface area contributed by atoms with Crippen LogP contribution < -0.4 is 5.73 Å². The lowest BCUT2D eigenvalue weighted by atomic mass is 10.0. The van der Waals surface area contributed by atoms with Gasteiger partial charge in [-0.1, -0.05) is 29.8 Å². The second kappa shape index (κ2) is 6.66. The van der Waals surface area contributed by atoms with Crippen LogP contribution in [0.25, 0.3) is 0 Å². The fraction of sp³-hybridized carbons (Fsp3) is 0.500. The fourth-order valence-corrected chi connectivity index (χ4v) is 2.41. The van der Waals surface area contributed by atoms with Crippen LogP contribution in [-0.4, -0.2) is 20.8 Å². The Balaban J connectivity index is 1.89. The molecule has 1 heterocycles. The molecule has 4 nitrogen and oxygen atoms in total. The maximum atomic E-state index is 6.24. The zero-order valence-electron chi connectivity index (χ0n) is 12.6. The van der Waals surface area contributed by atoms with Gasteiger partial charge in [0.05, 0.1) is 0 Å². The average molecular weight is 272 g/mol. The number of aromatic nitrogens is 3. The van der Waals surface area contributed by atoms with Crippen molar-refractivity contribution in [1.82, 2.24) is 14.8 Å². The summed E-state index contributed by atoms with van der Waals surface area (Å²) in [5.74, 6) is 0.983. The van der Waals surface area contributed by atoms with Gasteiger partial charge in [-0.15, -0.1) is 0 Å². The predicted molar refractivity (Wildman–Crippen MR) is 81.6 cm³/mol. The van der Waals surface area contributed by atoms with Crippen molar-refractivity contribution in [3.8, 4) is 0 Å². The van der Waals surface area contributed by atoms with E-state index in [9.17, 15) is 0 Å². The molecule has 1 unspecified atom stereocenters. The van der Waals surface area contributed by atoms with Crippen LogP contribution in [0.4, 0.5) is 0 Å². The molecule has 20 heavy (non-hydrogen) atoms. The average Bonchev–Trinajstić information content (AvgIpc) is 2.85. The summed E-state index contributed by atoms with van der Waals surface area (Å²) in [5, 5.41) is 4.25. The first-order chi connectivity index (χ1) is 9.56. The van der Waals surface area contributed by atoms with E-state index in [4.69, 9.17) is 5.73 Å². The minimum Gasteiger partial charge on any atom is -0.327 e. The van der Waals surface area contributed by atoms with Gasteiger partial charge in [0.1, 0.15) is 12.2 Å². The van der Waals surface area contributed by atoms with E-state index in [1.54, 1.807) is 6.33 Å². The lowest BCUT2D eigenvalue weighted by Crippen LogP contribution is -2.26. The van der Waals surface area contributed by atoms with E-state index in [1.165, 1.54) is 11.1 Å². The lowest BCUT2D eigenvalue weighted by Gasteiger charge is -2.14. The maximum Gasteiger partial charge on any atom is 0.138 e. The van der Waals surface area contributed by atoms with Gasteiger partial charge in [-0.2, -0.15) is 5.10 Å². The van der Waals surface area contributed by atoms with Crippen LogP contribution in [0.1, 0.15) is 43.3 Å². The maximum absolute atomic E-state index is 6.24. The van der Waals surface area contributed by atoms with Crippen LogP contribution in [-0.2, 0) is 12.8 Å². The molecular formula is C16H24N4. The molecule has 0 aliphatic rings. The Morgan fingerprint density at radius 1 is 1.30 bits per heavy atom. The van der Waals surface area contributed by atoms with Crippen LogP contribution in [0.3, 0.4) is 0 Å². The topological polar surface area (TPSA) is 56.7 Å². The van der Waals surface area contributed by atoms with Crippen molar-refractivity contribution in [2.24, 2.45) is 5.73 Å². The Kier molecular flexibility index (Phi) is 4.90. The van der Waals surface area contributed by atoms with Gasteiger partial charge in [0, 0.05) is 18.5 Å². The molecule has 0 aliphatic carbocycles. The molecule has 2 aromatic rings. The number of aryl methyl sites for hydroxylation is 2. The summed E-state index contributed by atoms with van der Waals surface area (Å²) >= 11 is 0. The van der Waals surface area contributed by atoms with Crippen LogP contribution >= 0.6 is 0 Å². The second-order valence-electron chi connectivity index (χ2n) is 5.71. The number of rotatable bonds is 6.